The number of hydrogen-bond donors (Lipinski definition) is 0. The van der Waals surface area contributed by atoms with Gasteiger partial charge < -0.3 is 0 Å². The summed E-state index contributed by atoms with van der Waals surface area (Å²) in [5.41, 5.74) is 0.690. The largest absolute Gasteiger partial charge is 0.235 e. The molecule has 1 atom stereocenters. The van der Waals surface area contributed by atoms with E-state index >= 15 is 0 Å². The second kappa shape index (κ2) is 4.17. The highest BCUT2D eigenvalue weighted by Crippen LogP contribution is 2.22. The van der Waals surface area contributed by atoms with Crippen LogP contribution >= 0.6 is 11.6 Å². The molecule has 1 aromatic carbocycles. The first-order chi connectivity index (χ1) is 6.15. The Kier molecular flexibility index (Phi) is 3.18. The fourth-order valence-corrected chi connectivity index (χ4v) is 1.11. The Bertz CT molecular complexity index is 361. The van der Waals surface area contributed by atoms with Gasteiger partial charge in [-0.1, -0.05) is 17.7 Å². The molecule has 1 unspecified atom stereocenters. The molecule has 0 radical (unpaired) electrons. The van der Waals surface area contributed by atoms with Crippen molar-refractivity contribution in [1.29, 1.82) is 0 Å². The number of hydrogen-bond acceptors (Lipinski definition) is 2. The maximum absolute atomic E-state index is 12.7. The molecule has 4 heteroatoms. The van der Waals surface area contributed by atoms with Gasteiger partial charge in [-0.3, -0.25) is 0 Å². The lowest BCUT2D eigenvalue weighted by atomic mass is 10.1. The summed E-state index contributed by atoms with van der Waals surface area (Å²) in [5, 5.41) is 0.0328. The summed E-state index contributed by atoms with van der Waals surface area (Å²) in [6.07, 6.45) is 1.44. The first-order valence-corrected chi connectivity index (χ1v) is 4.05. The van der Waals surface area contributed by atoms with Gasteiger partial charge in [0.1, 0.15) is 5.82 Å². The van der Waals surface area contributed by atoms with Gasteiger partial charge in [-0.05, 0) is 24.6 Å². The van der Waals surface area contributed by atoms with Crippen LogP contribution in [0.25, 0.3) is 0 Å². The molecule has 1 rings (SSSR count). The summed E-state index contributed by atoms with van der Waals surface area (Å²) in [5.74, 6) is -0.479. The first kappa shape index (κ1) is 9.90. The molecule has 0 aliphatic heterocycles. The SMILES string of the molecule is CC(N=C=O)c1ccc(F)c(Cl)c1. The lowest BCUT2D eigenvalue weighted by Crippen LogP contribution is -1.90. The van der Waals surface area contributed by atoms with E-state index in [0.29, 0.717) is 5.56 Å². The summed E-state index contributed by atoms with van der Waals surface area (Å²) in [6, 6.07) is 3.89. The maximum Gasteiger partial charge on any atom is 0.235 e. The Morgan fingerprint density at radius 2 is 2.31 bits per heavy atom. The van der Waals surface area contributed by atoms with E-state index in [2.05, 4.69) is 4.99 Å². The van der Waals surface area contributed by atoms with Crippen LogP contribution in [0.5, 0.6) is 0 Å². The Labute approximate surface area is 80.1 Å². The second-order valence-electron chi connectivity index (χ2n) is 2.57. The minimum absolute atomic E-state index is 0.0328. The average Bonchev–Trinajstić information content (AvgIpc) is 2.10. The first-order valence-electron chi connectivity index (χ1n) is 3.67. The minimum Gasteiger partial charge on any atom is -0.211 e. The van der Waals surface area contributed by atoms with Crippen LogP contribution in [0.3, 0.4) is 0 Å². The zero-order valence-corrected chi connectivity index (χ0v) is 7.68. The van der Waals surface area contributed by atoms with E-state index in [1.807, 2.05) is 0 Å². The summed E-state index contributed by atoms with van der Waals surface area (Å²) in [4.78, 5) is 13.4. The van der Waals surface area contributed by atoms with Crippen molar-refractivity contribution in [2.45, 2.75) is 13.0 Å². The highest BCUT2D eigenvalue weighted by molar-refractivity contribution is 6.30. The van der Waals surface area contributed by atoms with Gasteiger partial charge >= 0.3 is 0 Å². The molecule has 0 aliphatic rings. The summed E-state index contributed by atoms with van der Waals surface area (Å²) >= 11 is 5.54. The molecule has 0 amide bonds. The van der Waals surface area contributed by atoms with Crippen LogP contribution in [0.1, 0.15) is 18.5 Å². The predicted octanol–water partition coefficient (Wildman–Crippen LogP) is 2.88. The smallest absolute Gasteiger partial charge is 0.211 e. The van der Waals surface area contributed by atoms with E-state index in [9.17, 15) is 9.18 Å². The standard InChI is InChI=1S/C9H7ClFNO/c1-6(12-5-13)7-2-3-9(11)8(10)4-7/h2-4,6H,1H3. The summed E-state index contributed by atoms with van der Waals surface area (Å²) in [7, 11) is 0. The molecular formula is C9H7ClFNO. The van der Waals surface area contributed by atoms with Crippen LogP contribution in [0.4, 0.5) is 4.39 Å². The molecular weight excluding hydrogens is 193 g/mol. The van der Waals surface area contributed by atoms with Gasteiger partial charge in [0.25, 0.3) is 0 Å². The number of isocyanates is 1. The molecule has 1 aromatic rings. The van der Waals surface area contributed by atoms with Crippen LogP contribution < -0.4 is 0 Å². The van der Waals surface area contributed by atoms with Gasteiger partial charge in [-0.15, -0.1) is 0 Å². The summed E-state index contributed by atoms with van der Waals surface area (Å²) in [6.45, 7) is 1.70. The zero-order valence-electron chi connectivity index (χ0n) is 6.92. The molecule has 0 aromatic heterocycles. The number of rotatable bonds is 2. The molecule has 0 saturated heterocycles. The third-order valence-corrected chi connectivity index (χ3v) is 1.96. The molecule has 0 fully saturated rings. The van der Waals surface area contributed by atoms with E-state index in [1.54, 1.807) is 6.92 Å². The van der Waals surface area contributed by atoms with E-state index in [-0.39, 0.29) is 11.1 Å². The number of nitrogens with zero attached hydrogens (tertiary/aromatic N) is 1. The highest BCUT2D eigenvalue weighted by Gasteiger charge is 2.06. The zero-order chi connectivity index (χ0) is 9.84. The van der Waals surface area contributed by atoms with Crippen LogP contribution in [0, 0.1) is 5.82 Å². The fraction of sp³-hybridized carbons (Fsp3) is 0.222. The second-order valence-corrected chi connectivity index (χ2v) is 2.98. The normalized spacial score (nSPS) is 11.9. The maximum atomic E-state index is 12.7. The molecule has 0 saturated carbocycles. The van der Waals surface area contributed by atoms with Gasteiger partial charge in [0.2, 0.25) is 6.08 Å². The van der Waals surface area contributed by atoms with Gasteiger partial charge in [0.05, 0.1) is 11.1 Å². The molecule has 13 heavy (non-hydrogen) atoms. The minimum atomic E-state index is -0.479. The van der Waals surface area contributed by atoms with Crippen molar-refractivity contribution in [1.82, 2.24) is 0 Å². The lowest BCUT2D eigenvalue weighted by Gasteiger charge is -2.04. The molecule has 0 bridgehead atoms. The van der Waals surface area contributed by atoms with Crippen molar-refractivity contribution < 1.29 is 9.18 Å². The van der Waals surface area contributed by atoms with Crippen molar-refractivity contribution in [3.8, 4) is 0 Å². The molecule has 0 aliphatic carbocycles. The van der Waals surface area contributed by atoms with Crippen LogP contribution in [-0.4, -0.2) is 6.08 Å². The Morgan fingerprint density at radius 3 is 2.85 bits per heavy atom. The third kappa shape index (κ3) is 2.38. The predicted molar refractivity (Wildman–Crippen MR) is 47.9 cm³/mol. The lowest BCUT2D eigenvalue weighted by molar-refractivity contribution is 0.559. The third-order valence-electron chi connectivity index (χ3n) is 1.67. The number of halogens is 2. The van der Waals surface area contributed by atoms with Gasteiger partial charge in [-0.2, -0.15) is 4.99 Å². The molecule has 0 heterocycles. The van der Waals surface area contributed by atoms with E-state index in [1.165, 1.54) is 24.3 Å². The van der Waals surface area contributed by atoms with Crippen molar-refractivity contribution in [2.75, 3.05) is 0 Å². The van der Waals surface area contributed by atoms with E-state index < -0.39 is 5.82 Å². The fourth-order valence-electron chi connectivity index (χ4n) is 0.926. The monoisotopic (exact) mass is 199 g/mol. The van der Waals surface area contributed by atoms with Crippen molar-refractivity contribution in [3.63, 3.8) is 0 Å². The number of carbonyl (C=O) groups excluding carboxylic acids is 1. The van der Waals surface area contributed by atoms with Crippen LogP contribution in [0.2, 0.25) is 5.02 Å². The molecule has 2 nitrogen and oxygen atoms in total. The van der Waals surface area contributed by atoms with Crippen molar-refractivity contribution in [2.24, 2.45) is 4.99 Å². The molecule has 68 valence electrons. The molecule has 0 spiro atoms. The highest BCUT2D eigenvalue weighted by atomic mass is 35.5. The Balaban J connectivity index is 3.03. The van der Waals surface area contributed by atoms with Gasteiger partial charge in [0, 0.05) is 0 Å². The van der Waals surface area contributed by atoms with E-state index in [0.717, 1.165) is 0 Å². The molecule has 0 N–H and O–H groups in total. The van der Waals surface area contributed by atoms with Gasteiger partial charge in [-0.25, -0.2) is 9.18 Å². The average molecular weight is 200 g/mol. The van der Waals surface area contributed by atoms with E-state index in [4.69, 9.17) is 11.6 Å². The quantitative estimate of drug-likeness (QED) is 0.532. The van der Waals surface area contributed by atoms with Crippen molar-refractivity contribution in [3.05, 3.63) is 34.6 Å². The summed E-state index contributed by atoms with van der Waals surface area (Å²) < 4.78 is 12.7. The van der Waals surface area contributed by atoms with Crippen molar-refractivity contribution >= 4 is 17.7 Å². The van der Waals surface area contributed by atoms with Crippen LogP contribution in [0.15, 0.2) is 23.2 Å². The Morgan fingerprint density at radius 1 is 1.62 bits per heavy atom. The number of benzene rings is 1. The number of aliphatic imine (C=N–C) groups is 1. The topological polar surface area (TPSA) is 29.4 Å². The van der Waals surface area contributed by atoms with Gasteiger partial charge in [0.15, 0.2) is 0 Å². The van der Waals surface area contributed by atoms with Crippen LogP contribution in [-0.2, 0) is 4.79 Å². The Hall–Kier alpha value is -1.18.